The van der Waals surface area contributed by atoms with Gasteiger partial charge in [0.25, 0.3) is 0 Å². The van der Waals surface area contributed by atoms with Crippen molar-refractivity contribution < 1.29 is 10.2 Å². The first-order valence-electron chi connectivity index (χ1n) is 18.7. The van der Waals surface area contributed by atoms with E-state index in [4.69, 9.17) is 0 Å². The van der Waals surface area contributed by atoms with Crippen molar-refractivity contribution in [3.63, 3.8) is 0 Å². The second-order valence-corrected chi connectivity index (χ2v) is 13.7. The molecule has 0 heterocycles. The molecule has 0 aromatic heterocycles. The van der Waals surface area contributed by atoms with E-state index in [0.717, 1.165) is 89.0 Å². The normalized spacial score (nSPS) is 11.2. The molecule has 268 valence electrons. The number of benzene rings is 8. The molecule has 2 heteroatoms. The maximum Gasteiger partial charge on any atom is 0.115 e. The minimum absolute atomic E-state index is 0.223. The third kappa shape index (κ3) is 7.24. The molecule has 0 fully saturated rings. The van der Waals surface area contributed by atoms with E-state index in [2.05, 4.69) is 134 Å². The summed E-state index contributed by atoms with van der Waals surface area (Å²) in [5.74, 6) is 0.462. The smallest absolute Gasteiger partial charge is 0.115 e. The van der Waals surface area contributed by atoms with Crippen molar-refractivity contribution in [1.29, 1.82) is 0 Å². The molecule has 0 aliphatic heterocycles. The molecule has 2 N–H and O–H groups in total. The van der Waals surface area contributed by atoms with Crippen LogP contribution in [0.1, 0.15) is 5.56 Å². The molecule has 2 nitrogen and oxygen atoms in total. The molecule has 0 atom stereocenters. The predicted molar refractivity (Wildman–Crippen MR) is 236 cm³/mol. The van der Waals surface area contributed by atoms with Gasteiger partial charge in [-0.25, -0.2) is 0 Å². The summed E-state index contributed by atoms with van der Waals surface area (Å²) < 4.78 is 0. The highest BCUT2D eigenvalue weighted by Gasteiger charge is 2.19. The molecule has 8 aromatic carbocycles. The number of aromatic hydroxyl groups is 2. The largest absolute Gasteiger partial charge is 0.508 e. The van der Waals surface area contributed by atoms with Gasteiger partial charge < -0.3 is 10.2 Å². The van der Waals surface area contributed by atoms with Gasteiger partial charge in [-0.2, -0.15) is 0 Å². The van der Waals surface area contributed by atoms with E-state index in [-0.39, 0.29) is 11.5 Å². The Bertz CT molecular complexity index is 2610. The molecule has 8 rings (SSSR count). The van der Waals surface area contributed by atoms with Crippen LogP contribution in [0, 0.1) is 0 Å². The van der Waals surface area contributed by atoms with Crippen LogP contribution in [0.15, 0.2) is 219 Å². The van der Waals surface area contributed by atoms with E-state index >= 15 is 0 Å². The minimum Gasteiger partial charge on any atom is -0.508 e. The lowest BCUT2D eigenvalue weighted by Crippen LogP contribution is -1.95. The number of hydrogen-bond donors (Lipinski definition) is 2. The van der Waals surface area contributed by atoms with Gasteiger partial charge in [0.15, 0.2) is 0 Å². The first-order valence-corrected chi connectivity index (χ1v) is 18.7. The first kappa shape index (κ1) is 35.6. The van der Waals surface area contributed by atoms with Crippen molar-refractivity contribution in [2.24, 2.45) is 0 Å². The summed E-state index contributed by atoms with van der Waals surface area (Å²) in [6, 6.07) is 64.2. The Morgan fingerprint density at radius 3 is 1.11 bits per heavy atom. The number of rotatable bonds is 10. The van der Waals surface area contributed by atoms with Crippen molar-refractivity contribution in [2.45, 2.75) is 0 Å². The summed E-state index contributed by atoms with van der Waals surface area (Å²) in [6.45, 7) is 8.17. The van der Waals surface area contributed by atoms with E-state index in [9.17, 15) is 10.2 Å². The molecule has 8 aromatic rings. The van der Waals surface area contributed by atoms with Gasteiger partial charge in [-0.3, -0.25) is 0 Å². The summed E-state index contributed by atoms with van der Waals surface area (Å²) in [6.07, 6.45) is 5.66. The van der Waals surface area contributed by atoms with Crippen LogP contribution in [-0.2, 0) is 0 Å². The Hall–Kier alpha value is -7.42. The van der Waals surface area contributed by atoms with Crippen LogP contribution in [0.4, 0.5) is 0 Å². The highest BCUT2D eigenvalue weighted by Crippen LogP contribution is 2.45. The summed E-state index contributed by atoms with van der Waals surface area (Å²) in [4.78, 5) is 0. The van der Waals surface area contributed by atoms with Gasteiger partial charge in [-0.1, -0.05) is 171 Å². The summed E-state index contributed by atoms with van der Waals surface area (Å²) in [7, 11) is 0. The molecule has 0 saturated heterocycles. The molecular weight excluding hydrogens is 681 g/mol. The predicted octanol–water partition coefficient (Wildman–Crippen LogP) is 14.5. The zero-order valence-corrected chi connectivity index (χ0v) is 30.9. The number of allylic oxidation sites excluding steroid dienone is 4. The Morgan fingerprint density at radius 2 is 0.714 bits per heavy atom. The van der Waals surface area contributed by atoms with Crippen LogP contribution in [0.2, 0.25) is 0 Å². The maximum atomic E-state index is 10.2. The molecule has 0 radical (unpaired) electrons. The van der Waals surface area contributed by atoms with Crippen molar-refractivity contribution in [3.05, 3.63) is 225 Å². The zero-order chi connectivity index (χ0) is 38.4. The second-order valence-electron chi connectivity index (χ2n) is 13.7. The highest BCUT2D eigenvalue weighted by molar-refractivity contribution is 5.99. The standard InChI is InChI=1S/C54H40O2/c1-3-14-37(4-2)49-33-45(34-50(40-15-8-5-9-16-40)53(49)43-25-29-47(55)30-26-43)38-21-23-39(24-22-38)46-35-51(41-17-10-6-11-18-41)54(44-27-31-48(56)32-28-44)52(36-46)42-19-12-7-13-20-42/h3-36,55-56H,1-2H2/b37-14+. The van der Waals surface area contributed by atoms with Crippen LogP contribution >= 0.6 is 0 Å². The third-order valence-corrected chi connectivity index (χ3v) is 10.2. The molecule has 0 spiro atoms. The molecule has 0 saturated carbocycles. The average Bonchev–Trinajstić information content (AvgIpc) is 3.26. The fraction of sp³-hybridized carbons (Fsp3) is 0. The quantitative estimate of drug-likeness (QED) is 0.138. The molecule has 0 amide bonds. The zero-order valence-electron chi connectivity index (χ0n) is 30.9. The molecule has 0 aliphatic carbocycles. The lowest BCUT2D eigenvalue weighted by molar-refractivity contribution is 0.475. The molecule has 56 heavy (non-hydrogen) atoms. The summed E-state index contributed by atoms with van der Waals surface area (Å²) >= 11 is 0. The summed E-state index contributed by atoms with van der Waals surface area (Å²) in [5, 5.41) is 20.3. The van der Waals surface area contributed by atoms with Gasteiger partial charge in [-0.15, -0.1) is 0 Å². The van der Waals surface area contributed by atoms with Gasteiger partial charge >= 0.3 is 0 Å². The number of hydrogen-bond acceptors (Lipinski definition) is 2. The Balaban J connectivity index is 1.31. The second kappa shape index (κ2) is 15.9. The molecule has 0 unspecified atom stereocenters. The lowest BCUT2D eigenvalue weighted by atomic mass is 9.83. The fourth-order valence-electron chi connectivity index (χ4n) is 7.51. The van der Waals surface area contributed by atoms with Crippen LogP contribution in [0.5, 0.6) is 11.5 Å². The van der Waals surface area contributed by atoms with Crippen molar-refractivity contribution in [2.75, 3.05) is 0 Å². The highest BCUT2D eigenvalue weighted by atomic mass is 16.3. The van der Waals surface area contributed by atoms with Gasteiger partial charge in [0.1, 0.15) is 11.5 Å². The van der Waals surface area contributed by atoms with Crippen LogP contribution in [-0.4, -0.2) is 10.2 Å². The SMILES string of the molecule is C=C/C=C(\C=C)c1cc(-c2ccc(-c3cc(-c4ccccc4)c(-c4ccc(O)cc4)c(-c4ccccc4)c3)cc2)cc(-c2ccccc2)c1-c1ccc(O)cc1. The summed E-state index contributed by atoms with van der Waals surface area (Å²) in [5.41, 5.74) is 17.2. The van der Waals surface area contributed by atoms with Crippen molar-refractivity contribution in [1.82, 2.24) is 0 Å². The number of phenolic OH excluding ortho intramolecular Hbond substituents is 2. The van der Waals surface area contributed by atoms with E-state index in [0.29, 0.717) is 0 Å². The van der Waals surface area contributed by atoms with Crippen LogP contribution in [0.25, 0.3) is 83.5 Å². The van der Waals surface area contributed by atoms with E-state index in [1.807, 2.05) is 54.6 Å². The Morgan fingerprint density at radius 1 is 0.357 bits per heavy atom. The van der Waals surface area contributed by atoms with Gasteiger partial charge in [-0.05, 0) is 138 Å². The Labute approximate surface area is 329 Å². The van der Waals surface area contributed by atoms with Crippen LogP contribution < -0.4 is 0 Å². The van der Waals surface area contributed by atoms with E-state index in [1.54, 1.807) is 30.3 Å². The van der Waals surface area contributed by atoms with Crippen molar-refractivity contribution in [3.8, 4) is 89.4 Å². The first-order chi connectivity index (χ1) is 27.5. The van der Waals surface area contributed by atoms with Gasteiger partial charge in [0.2, 0.25) is 0 Å². The van der Waals surface area contributed by atoms with Crippen LogP contribution in [0.3, 0.4) is 0 Å². The molecule has 0 aliphatic rings. The third-order valence-electron chi connectivity index (χ3n) is 10.2. The minimum atomic E-state index is 0.223. The lowest BCUT2D eigenvalue weighted by Gasteiger charge is -2.20. The van der Waals surface area contributed by atoms with E-state index < -0.39 is 0 Å². The average molecular weight is 721 g/mol. The molecule has 0 bridgehead atoms. The number of phenols is 2. The van der Waals surface area contributed by atoms with Gasteiger partial charge in [0, 0.05) is 0 Å². The van der Waals surface area contributed by atoms with Gasteiger partial charge in [0.05, 0.1) is 0 Å². The van der Waals surface area contributed by atoms with E-state index in [1.165, 1.54) is 0 Å². The Kier molecular flexibility index (Phi) is 10.1. The van der Waals surface area contributed by atoms with Crippen molar-refractivity contribution >= 4 is 5.57 Å². The fourth-order valence-corrected chi connectivity index (χ4v) is 7.51. The monoisotopic (exact) mass is 720 g/mol. The maximum absolute atomic E-state index is 10.2. The molecular formula is C54H40O2. The topological polar surface area (TPSA) is 40.5 Å².